The van der Waals surface area contributed by atoms with E-state index in [0.717, 1.165) is 12.2 Å². The van der Waals surface area contributed by atoms with Crippen LogP contribution in [0, 0.1) is 0 Å². The van der Waals surface area contributed by atoms with Gasteiger partial charge in [0.15, 0.2) is 0 Å². The van der Waals surface area contributed by atoms with Gasteiger partial charge >= 0.3 is 0 Å². The molecule has 0 aliphatic heterocycles. The highest BCUT2D eigenvalue weighted by Gasteiger charge is 2.36. The summed E-state index contributed by atoms with van der Waals surface area (Å²) in [6.45, 7) is 0.976. The fraction of sp³-hybridized carbons (Fsp3) is 0.500. The van der Waals surface area contributed by atoms with E-state index in [0.29, 0.717) is 35.6 Å². The van der Waals surface area contributed by atoms with Gasteiger partial charge in [-0.3, -0.25) is 19.9 Å². The first kappa shape index (κ1) is 17.2. The first-order valence-corrected chi connectivity index (χ1v) is 10.8. The normalized spacial score (nSPS) is 19.0. The molecule has 3 fully saturated rings. The van der Waals surface area contributed by atoms with E-state index in [-0.39, 0.29) is 5.56 Å². The van der Waals surface area contributed by atoms with Crippen molar-refractivity contribution < 1.29 is 0 Å². The Labute approximate surface area is 168 Å². The van der Waals surface area contributed by atoms with E-state index in [4.69, 9.17) is 0 Å². The lowest BCUT2D eigenvalue weighted by molar-refractivity contribution is 0.677. The Balaban J connectivity index is 1.39. The summed E-state index contributed by atoms with van der Waals surface area (Å²) in [5.74, 6) is 1.35. The highest BCUT2D eigenvalue weighted by Crippen LogP contribution is 2.49. The van der Waals surface area contributed by atoms with Crippen LogP contribution in [0.5, 0.6) is 0 Å². The fourth-order valence-electron chi connectivity index (χ4n) is 4.45. The average molecular weight is 390 g/mol. The average Bonchev–Trinajstić information content (AvgIpc) is 3.60. The van der Waals surface area contributed by atoms with Crippen LogP contribution in [0.4, 0.5) is 0 Å². The molecule has 29 heavy (non-hydrogen) atoms. The SMILES string of the molecule is O=c1[nH][nH]cc1-c1nccnc1Cc1[nH]c(C2CC2)c(CNC2CC2)c1C1CC1. The Morgan fingerprint density at radius 3 is 2.52 bits per heavy atom. The Morgan fingerprint density at radius 1 is 1.03 bits per heavy atom. The first-order valence-electron chi connectivity index (χ1n) is 10.8. The van der Waals surface area contributed by atoms with Gasteiger partial charge in [-0.25, -0.2) is 0 Å². The van der Waals surface area contributed by atoms with Crippen LogP contribution in [0.3, 0.4) is 0 Å². The summed E-state index contributed by atoms with van der Waals surface area (Å²) in [7, 11) is 0. The third-order valence-corrected chi connectivity index (χ3v) is 6.40. The van der Waals surface area contributed by atoms with Gasteiger partial charge < -0.3 is 15.4 Å². The maximum Gasteiger partial charge on any atom is 0.273 e. The highest BCUT2D eigenvalue weighted by atomic mass is 16.1. The maximum absolute atomic E-state index is 12.1. The highest BCUT2D eigenvalue weighted by molar-refractivity contribution is 5.60. The number of nitrogens with one attached hydrogen (secondary N) is 4. The van der Waals surface area contributed by atoms with Gasteiger partial charge in [-0.1, -0.05) is 0 Å². The standard InChI is InChI=1S/C22H26N6O/c29-22-16(11-26-28-22)21-18(23-7-8-24-21)9-17-19(12-1-2-12)15(10-25-14-5-6-14)20(27-17)13-3-4-13/h7-8,11-14,25,27H,1-6,9-10H2,(H2,26,28,29). The zero-order chi connectivity index (χ0) is 19.4. The molecule has 4 N–H and O–H groups in total. The van der Waals surface area contributed by atoms with Crippen molar-refractivity contribution in [2.75, 3.05) is 0 Å². The molecule has 0 aromatic carbocycles. The summed E-state index contributed by atoms with van der Waals surface area (Å²) >= 11 is 0. The van der Waals surface area contributed by atoms with Crippen molar-refractivity contribution in [1.82, 2.24) is 30.5 Å². The molecule has 0 spiro atoms. The first-order chi connectivity index (χ1) is 14.3. The van der Waals surface area contributed by atoms with Crippen molar-refractivity contribution >= 4 is 0 Å². The molecule has 0 amide bonds. The van der Waals surface area contributed by atoms with E-state index in [2.05, 4.69) is 30.5 Å². The summed E-state index contributed by atoms with van der Waals surface area (Å²) in [5, 5.41) is 9.12. The van der Waals surface area contributed by atoms with Crippen LogP contribution in [0.15, 0.2) is 23.4 Å². The van der Waals surface area contributed by atoms with Crippen LogP contribution in [-0.4, -0.2) is 31.2 Å². The summed E-state index contributed by atoms with van der Waals surface area (Å²) in [4.78, 5) is 25.1. The summed E-state index contributed by atoms with van der Waals surface area (Å²) in [5.41, 5.74) is 7.65. The fourth-order valence-corrected chi connectivity index (χ4v) is 4.45. The molecule has 7 heteroatoms. The van der Waals surface area contributed by atoms with Gasteiger partial charge in [-0.2, -0.15) is 0 Å². The van der Waals surface area contributed by atoms with Gasteiger partial charge in [0.05, 0.1) is 17.0 Å². The van der Waals surface area contributed by atoms with E-state index in [1.165, 1.54) is 61.0 Å². The number of rotatable bonds is 8. The maximum atomic E-state index is 12.1. The van der Waals surface area contributed by atoms with Crippen molar-refractivity contribution in [2.24, 2.45) is 0 Å². The number of nitrogens with zero attached hydrogens (tertiary/aromatic N) is 2. The van der Waals surface area contributed by atoms with Crippen molar-refractivity contribution in [3.05, 3.63) is 57.2 Å². The van der Waals surface area contributed by atoms with E-state index in [1.807, 2.05) is 0 Å². The van der Waals surface area contributed by atoms with Gasteiger partial charge in [0.2, 0.25) is 0 Å². The minimum atomic E-state index is -0.159. The number of H-pyrrole nitrogens is 3. The number of aromatic nitrogens is 5. The molecule has 0 atom stereocenters. The smallest absolute Gasteiger partial charge is 0.273 e. The minimum Gasteiger partial charge on any atom is -0.361 e. The lowest BCUT2D eigenvalue weighted by atomic mass is 9.99. The second-order valence-electron chi connectivity index (χ2n) is 8.80. The molecule has 3 saturated carbocycles. The van der Waals surface area contributed by atoms with Crippen LogP contribution < -0.4 is 10.9 Å². The van der Waals surface area contributed by atoms with Crippen molar-refractivity contribution in [2.45, 2.75) is 69.4 Å². The molecule has 7 nitrogen and oxygen atoms in total. The zero-order valence-corrected chi connectivity index (χ0v) is 16.4. The van der Waals surface area contributed by atoms with Crippen LogP contribution in [0.1, 0.15) is 78.6 Å². The van der Waals surface area contributed by atoms with Crippen molar-refractivity contribution in [3.63, 3.8) is 0 Å². The lowest BCUT2D eigenvalue weighted by Gasteiger charge is -2.10. The Hall–Kier alpha value is -2.67. The Kier molecular flexibility index (Phi) is 3.97. The molecule has 3 heterocycles. The minimum absolute atomic E-state index is 0.159. The monoisotopic (exact) mass is 390 g/mol. The quantitative estimate of drug-likeness (QED) is 0.475. The molecule has 0 bridgehead atoms. The van der Waals surface area contributed by atoms with Crippen LogP contribution in [0.25, 0.3) is 11.3 Å². The van der Waals surface area contributed by atoms with Gasteiger partial charge in [-0.15, -0.1) is 0 Å². The molecule has 0 saturated heterocycles. The predicted molar refractivity (Wildman–Crippen MR) is 110 cm³/mol. The number of aromatic amines is 3. The van der Waals surface area contributed by atoms with Gasteiger partial charge in [0.25, 0.3) is 5.56 Å². The molecule has 3 aliphatic rings. The van der Waals surface area contributed by atoms with Crippen molar-refractivity contribution in [1.29, 1.82) is 0 Å². The van der Waals surface area contributed by atoms with Gasteiger partial charge in [-0.05, 0) is 61.5 Å². The van der Waals surface area contributed by atoms with E-state index >= 15 is 0 Å². The second kappa shape index (κ2) is 6.69. The lowest BCUT2D eigenvalue weighted by Crippen LogP contribution is -2.17. The predicted octanol–water partition coefficient (Wildman–Crippen LogP) is 3.09. The second-order valence-corrected chi connectivity index (χ2v) is 8.80. The molecular weight excluding hydrogens is 364 g/mol. The van der Waals surface area contributed by atoms with Crippen LogP contribution >= 0.6 is 0 Å². The molecule has 0 unspecified atom stereocenters. The summed E-state index contributed by atoms with van der Waals surface area (Å²) < 4.78 is 0. The van der Waals surface area contributed by atoms with Crippen LogP contribution in [0.2, 0.25) is 0 Å². The Bertz CT molecular complexity index is 1100. The molecule has 3 aromatic rings. The van der Waals surface area contributed by atoms with E-state index in [9.17, 15) is 4.79 Å². The number of hydrogen-bond acceptors (Lipinski definition) is 4. The van der Waals surface area contributed by atoms with Crippen molar-refractivity contribution in [3.8, 4) is 11.3 Å². The summed E-state index contributed by atoms with van der Waals surface area (Å²) in [6, 6.07) is 0.708. The summed E-state index contributed by atoms with van der Waals surface area (Å²) in [6.07, 6.45) is 13.5. The third kappa shape index (κ3) is 3.33. The van der Waals surface area contributed by atoms with Gasteiger partial charge in [0.1, 0.15) is 0 Å². The number of hydrogen-bond donors (Lipinski definition) is 4. The van der Waals surface area contributed by atoms with E-state index < -0.39 is 0 Å². The van der Waals surface area contributed by atoms with Gasteiger partial charge in [0, 0.05) is 49.0 Å². The van der Waals surface area contributed by atoms with E-state index in [1.54, 1.807) is 18.6 Å². The molecule has 3 aromatic heterocycles. The van der Waals surface area contributed by atoms with Crippen LogP contribution in [-0.2, 0) is 13.0 Å². The molecular formula is C22H26N6O. The topological polar surface area (TPSA) is 102 Å². The molecule has 3 aliphatic carbocycles. The molecule has 6 rings (SSSR count). The zero-order valence-electron chi connectivity index (χ0n) is 16.4. The third-order valence-electron chi connectivity index (χ3n) is 6.40. The molecule has 0 radical (unpaired) electrons. The Morgan fingerprint density at radius 2 is 1.83 bits per heavy atom. The molecule has 150 valence electrons. The largest absolute Gasteiger partial charge is 0.361 e.